The van der Waals surface area contributed by atoms with Crippen LogP contribution >= 0.6 is 0 Å². The van der Waals surface area contributed by atoms with Gasteiger partial charge in [-0.2, -0.15) is 0 Å². The first kappa shape index (κ1) is 21.1. The monoisotopic (exact) mass is 400 g/mol. The summed E-state index contributed by atoms with van der Waals surface area (Å²) < 4.78 is 5.40. The van der Waals surface area contributed by atoms with Crippen molar-refractivity contribution in [2.75, 3.05) is 0 Å². The molecule has 0 aromatic carbocycles. The molecule has 9 heteroatoms. The molecule has 6 atom stereocenters. The van der Waals surface area contributed by atoms with Crippen molar-refractivity contribution in [3.63, 3.8) is 0 Å². The molecule has 1 aromatic heterocycles. The smallest absolute Gasteiger partial charge is 0.338 e. The number of fused-ring (bicyclic) bond motifs is 1. The number of nitrogens with one attached hydrogen (secondary N) is 1. The van der Waals surface area contributed by atoms with Gasteiger partial charge in [-0.05, 0) is 43.9 Å². The highest BCUT2D eigenvalue weighted by molar-refractivity contribution is 5.96. The van der Waals surface area contributed by atoms with E-state index in [1.807, 2.05) is 26.0 Å². The zero-order chi connectivity index (χ0) is 21.4. The van der Waals surface area contributed by atoms with Gasteiger partial charge in [-0.15, -0.1) is 5.11 Å². The lowest BCUT2D eigenvalue weighted by Gasteiger charge is -2.52. The molecule has 6 N–H and O–H groups in total. The van der Waals surface area contributed by atoms with Crippen molar-refractivity contribution >= 4 is 17.9 Å². The Labute approximate surface area is 169 Å². The molecule has 0 radical (unpaired) electrons. The van der Waals surface area contributed by atoms with Crippen LogP contribution in [-0.4, -0.2) is 39.1 Å². The lowest BCUT2D eigenvalue weighted by Crippen LogP contribution is -2.65. The summed E-state index contributed by atoms with van der Waals surface area (Å²) in [5.41, 5.74) is 5.86. The van der Waals surface area contributed by atoms with Crippen molar-refractivity contribution in [1.29, 1.82) is 5.41 Å². The van der Waals surface area contributed by atoms with Gasteiger partial charge in [-0.3, -0.25) is 10.4 Å². The number of nitrogens with two attached hydrogens (primary N) is 2. The average molecular weight is 400 g/mol. The van der Waals surface area contributed by atoms with E-state index in [1.54, 1.807) is 19.1 Å². The molecule has 2 fully saturated rings. The van der Waals surface area contributed by atoms with Crippen LogP contribution in [0, 0.1) is 23.2 Å². The van der Waals surface area contributed by atoms with Crippen molar-refractivity contribution in [3.05, 3.63) is 35.7 Å². The number of hydrogen-bond donors (Lipinski definition) is 4. The van der Waals surface area contributed by atoms with Crippen LogP contribution in [0.15, 0.2) is 34.7 Å². The number of nitrogens with zero attached hydrogens (tertiary/aromatic N) is 3. The molecule has 3 rings (SSSR count). The largest absolute Gasteiger partial charge is 0.460 e. The van der Waals surface area contributed by atoms with Crippen molar-refractivity contribution in [1.82, 2.24) is 4.98 Å². The van der Waals surface area contributed by atoms with Gasteiger partial charge in [0.05, 0.1) is 5.69 Å². The summed E-state index contributed by atoms with van der Waals surface area (Å²) in [7, 11) is 0. The van der Waals surface area contributed by atoms with Crippen LogP contribution < -0.4 is 11.6 Å². The van der Waals surface area contributed by atoms with Crippen molar-refractivity contribution in [3.8, 4) is 0 Å². The minimum atomic E-state index is -1.52. The number of hydrogen-bond acceptors (Lipinski definition) is 7. The third-order valence-corrected chi connectivity index (χ3v) is 6.55. The van der Waals surface area contributed by atoms with Gasteiger partial charge in [0.2, 0.25) is 0 Å². The van der Waals surface area contributed by atoms with Crippen molar-refractivity contribution in [2.45, 2.75) is 50.9 Å². The van der Waals surface area contributed by atoms with E-state index in [9.17, 15) is 9.90 Å². The molecule has 29 heavy (non-hydrogen) atoms. The molecule has 1 saturated heterocycles. The Morgan fingerprint density at radius 3 is 2.79 bits per heavy atom. The Kier molecular flexibility index (Phi) is 5.55. The maximum Gasteiger partial charge on any atom is 0.338 e. The van der Waals surface area contributed by atoms with E-state index in [-0.39, 0.29) is 17.7 Å². The maximum atomic E-state index is 12.4. The lowest BCUT2D eigenvalue weighted by atomic mass is 9.55. The fraction of sp³-hybridized carbons (Fsp3) is 0.550. The number of carbonyl (C=O) groups excluding carboxylic acids is 1. The quantitative estimate of drug-likeness (QED) is 0.150. The molecule has 1 aliphatic carbocycles. The second kappa shape index (κ2) is 7.64. The summed E-state index contributed by atoms with van der Waals surface area (Å²) in [5, 5.41) is 25.4. The van der Waals surface area contributed by atoms with E-state index in [0.717, 1.165) is 0 Å². The Hall–Kier alpha value is -2.65. The van der Waals surface area contributed by atoms with Crippen LogP contribution in [0.25, 0.3) is 6.08 Å². The Morgan fingerprint density at radius 1 is 1.48 bits per heavy atom. The summed E-state index contributed by atoms with van der Waals surface area (Å²) in [4.78, 5) is 16.7. The Morgan fingerprint density at radius 2 is 2.21 bits per heavy atom. The lowest BCUT2D eigenvalue weighted by molar-refractivity contribution is -0.161. The molecule has 9 nitrogen and oxygen atoms in total. The van der Waals surface area contributed by atoms with E-state index in [2.05, 4.69) is 15.3 Å². The third-order valence-electron chi connectivity index (χ3n) is 6.55. The van der Waals surface area contributed by atoms with Gasteiger partial charge >= 0.3 is 5.97 Å². The molecular weight excluding hydrogens is 372 g/mol. The minimum Gasteiger partial charge on any atom is -0.460 e. The molecule has 0 spiro atoms. The first-order chi connectivity index (χ1) is 13.7. The number of carbonyl (C=O) groups is 1. The number of cyclic esters (lactones) is 1. The molecule has 5 unspecified atom stereocenters. The van der Waals surface area contributed by atoms with E-state index in [1.165, 1.54) is 6.20 Å². The van der Waals surface area contributed by atoms with Gasteiger partial charge in [0.25, 0.3) is 0 Å². The second-order valence-corrected chi connectivity index (χ2v) is 8.05. The number of rotatable bonds is 4. The topological polar surface area (TPSA) is 160 Å². The standard InChI is InChI=1S/C20H28N6O3/c1-4-19(22)11(2)9-20(28)16(12(3)29-18(20)27)15(19)8-7-14-6-5-13(10-24-14)17(21)25-26-23/h5-8,10-12,15-16,28H,4,9,22H2,1-3H3,(H3,21,23,25)/b8-7+/t11?,12?,15?,16?,19-,20?/m0/s1. The number of amidine groups is 1. The number of ether oxygens (including phenoxy) is 1. The van der Waals surface area contributed by atoms with Gasteiger partial charge in [-0.1, -0.05) is 25.1 Å². The van der Waals surface area contributed by atoms with Crippen LogP contribution in [0.2, 0.25) is 0 Å². The molecule has 2 heterocycles. The summed E-state index contributed by atoms with van der Waals surface area (Å²) >= 11 is 0. The molecule has 2 aliphatic rings. The van der Waals surface area contributed by atoms with Crippen LogP contribution in [0.3, 0.4) is 0 Å². The highest BCUT2D eigenvalue weighted by Gasteiger charge is 2.65. The van der Waals surface area contributed by atoms with E-state index < -0.39 is 29.1 Å². The Bertz CT molecular complexity index is 854. The van der Waals surface area contributed by atoms with E-state index >= 15 is 0 Å². The maximum absolute atomic E-state index is 12.4. The van der Waals surface area contributed by atoms with Crippen molar-refractivity contribution < 1.29 is 14.6 Å². The van der Waals surface area contributed by atoms with Crippen LogP contribution in [0.4, 0.5) is 0 Å². The normalized spacial score (nSPS) is 37.1. The predicted molar refractivity (Wildman–Crippen MR) is 108 cm³/mol. The number of aliphatic hydroxyl groups is 1. The molecule has 156 valence electrons. The van der Waals surface area contributed by atoms with E-state index in [4.69, 9.17) is 21.7 Å². The summed E-state index contributed by atoms with van der Waals surface area (Å²) in [6.45, 7) is 5.80. The highest BCUT2D eigenvalue weighted by atomic mass is 16.6. The minimum absolute atomic E-state index is 0.0707. The molecule has 1 aromatic rings. The number of esters is 1. The molecular formula is C20H28N6O3. The zero-order valence-electron chi connectivity index (χ0n) is 16.9. The first-order valence-electron chi connectivity index (χ1n) is 9.73. The average Bonchev–Trinajstić information content (AvgIpc) is 2.91. The van der Waals surface area contributed by atoms with Gasteiger partial charge in [0.15, 0.2) is 11.4 Å². The van der Waals surface area contributed by atoms with E-state index in [0.29, 0.717) is 24.1 Å². The van der Waals surface area contributed by atoms with Crippen LogP contribution in [0.5, 0.6) is 0 Å². The SMILES string of the molecule is CC[C@]1(N)C(C)CC2(O)C(=O)OC(C)C2C1/C=C/c1ccc(C(=N)N=NN)cn1. The highest BCUT2D eigenvalue weighted by Crippen LogP contribution is 2.53. The molecule has 0 amide bonds. The fourth-order valence-electron chi connectivity index (χ4n) is 4.84. The van der Waals surface area contributed by atoms with Gasteiger partial charge in [0, 0.05) is 29.1 Å². The Balaban J connectivity index is 1.93. The van der Waals surface area contributed by atoms with Gasteiger partial charge < -0.3 is 21.4 Å². The summed E-state index contributed by atoms with van der Waals surface area (Å²) in [6, 6.07) is 3.44. The van der Waals surface area contributed by atoms with Crippen LogP contribution in [0.1, 0.15) is 44.9 Å². The molecule has 0 bridgehead atoms. The fourth-order valence-corrected chi connectivity index (χ4v) is 4.84. The van der Waals surface area contributed by atoms with Gasteiger partial charge in [0.1, 0.15) is 6.10 Å². The zero-order valence-corrected chi connectivity index (χ0v) is 16.9. The molecule has 1 saturated carbocycles. The second-order valence-electron chi connectivity index (χ2n) is 8.05. The first-order valence-corrected chi connectivity index (χ1v) is 9.73. The van der Waals surface area contributed by atoms with Crippen LogP contribution in [-0.2, 0) is 9.53 Å². The predicted octanol–water partition coefficient (Wildman–Crippen LogP) is 1.80. The van der Waals surface area contributed by atoms with Crippen molar-refractivity contribution in [2.24, 2.45) is 39.7 Å². The molecule has 1 aliphatic heterocycles. The number of aromatic nitrogens is 1. The summed E-state index contributed by atoms with van der Waals surface area (Å²) in [5.74, 6) is 3.56. The number of pyridine rings is 1. The van der Waals surface area contributed by atoms with Gasteiger partial charge in [-0.25, -0.2) is 4.79 Å². The third kappa shape index (κ3) is 3.44. The summed E-state index contributed by atoms with van der Waals surface area (Å²) in [6.07, 6.45) is 5.83.